The Morgan fingerprint density at radius 2 is 1.88 bits per heavy atom. The van der Waals surface area contributed by atoms with Crippen LogP contribution >= 0.6 is 0 Å². The van der Waals surface area contributed by atoms with E-state index in [1.165, 1.54) is 17.0 Å². The van der Waals surface area contributed by atoms with Gasteiger partial charge in [0.2, 0.25) is 0 Å². The molecule has 0 heterocycles. The predicted molar refractivity (Wildman–Crippen MR) is 94.0 cm³/mol. The van der Waals surface area contributed by atoms with Crippen LogP contribution in [0.2, 0.25) is 0 Å². The maximum Gasteiger partial charge on any atom is 0.257 e. The number of hydrogen-bond donors (Lipinski definition) is 3. The lowest BCUT2D eigenvalue weighted by molar-refractivity contribution is 0.0825. The van der Waals surface area contributed by atoms with Gasteiger partial charge in [0.15, 0.2) is 5.75 Å². The third-order valence-corrected chi connectivity index (χ3v) is 3.57. The Morgan fingerprint density at radius 3 is 2.46 bits per heavy atom. The molecule has 2 aromatic rings. The van der Waals surface area contributed by atoms with Crippen LogP contribution in [0.15, 0.2) is 40.4 Å². The number of anilines is 3. The Kier molecular flexibility index (Phi) is 4.73. The topological polar surface area (TPSA) is 98.7 Å². The van der Waals surface area contributed by atoms with E-state index in [1.54, 1.807) is 33.2 Å². The average molecular weight is 329 g/mol. The molecule has 3 N–H and O–H groups in total. The number of hydrogen-bond acceptors (Lipinski definition) is 6. The van der Waals surface area contributed by atoms with E-state index in [0.29, 0.717) is 0 Å². The first-order valence-electron chi connectivity index (χ1n) is 7.31. The molecule has 1 atom stereocenters. The van der Waals surface area contributed by atoms with Crippen molar-refractivity contribution in [3.63, 3.8) is 0 Å². The molecule has 0 aliphatic heterocycles. The second-order valence-electron chi connectivity index (χ2n) is 5.60. The largest absolute Gasteiger partial charge is 0.505 e. The smallest absolute Gasteiger partial charge is 0.257 e. The van der Waals surface area contributed by atoms with Crippen molar-refractivity contribution in [1.82, 2.24) is 4.90 Å². The van der Waals surface area contributed by atoms with E-state index in [0.717, 1.165) is 0 Å². The van der Waals surface area contributed by atoms with Gasteiger partial charge >= 0.3 is 0 Å². The number of carbonyl (C=O) groups is 1. The summed E-state index contributed by atoms with van der Waals surface area (Å²) in [4.78, 5) is 36.8. The fourth-order valence-electron chi connectivity index (χ4n) is 2.13. The maximum absolute atomic E-state index is 12.0. The Hall–Kier alpha value is -3.09. The molecule has 0 spiro atoms. The molecule has 0 radical (unpaired) electrons. The van der Waals surface area contributed by atoms with Crippen LogP contribution in [0.25, 0.3) is 0 Å². The Morgan fingerprint density at radius 1 is 1.25 bits per heavy atom. The fraction of sp³-hybridized carbons (Fsp3) is 0.235. The summed E-state index contributed by atoms with van der Waals surface area (Å²) in [5, 5.41) is 15.9. The Balaban J connectivity index is 2.37. The van der Waals surface area contributed by atoms with Crippen LogP contribution in [0.3, 0.4) is 0 Å². The number of nitrogens with zero attached hydrogens (tertiary/aromatic N) is 1. The second-order valence-corrected chi connectivity index (χ2v) is 5.60. The third kappa shape index (κ3) is 3.01. The van der Waals surface area contributed by atoms with Crippen molar-refractivity contribution < 1.29 is 9.90 Å². The highest BCUT2D eigenvalue weighted by Crippen LogP contribution is 2.32. The summed E-state index contributed by atoms with van der Waals surface area (Å²) in [5.74, 6) is -0.660. The zero-order valence-corrected chi connectivity index (χ0v) is 13.7. The number of aromatic hydroxyl groups is 1. The van der Waals surface area contributed by atoms with Gasteiger partial charge in [0, 0.05) is 20.1 Å². The summed E-state index contributed by atoms with van der Waals surface area (Å²) in [5.41, 5.74) is -0.861. The van der Waals surface area contributed by atoms with Gasteiger partial charge < -0.3 is 20.6 Å². The molecule has 24 heavy (non-hydrogen) atoms. The summed E-state index contributed by atoms with van der Waals surface area (Å²) in [6.07, 6.45) is 1.59. The van der Waals surface area contributed by atoms with Crippen LogP contribution in [0.1, 0.15) is 17.3 Å². The van der Waals surface area contributed by atoms with Crippen LogP contribution in [0, 0.1) is 0 Å². The van der Waals surface area contributed by atoms with E-state index < -0.39 is 10.9 Å². The second kappa shape index (κ2) is 6.57. The summed E-state index contributed by atoms with van der Waals surface area (Å²) in [6, 6.07) is 4.36. The monoisotopic (exact) mass is 329 g/mol. The molecule has 2 aromatic carbocycles. The van der Waals surface area contributed by atoms with Crippen molar-refractivity contribution in [1.29, 1.82) is 0 Å². The molecular weight excluding hydrogens is 310 g/mol. The van der Waals surface area contributed by atoms with E-state index >= 15 is 0 Å². The van der Waals surface area contributed by atoms with Gasteiger partial charge in [-0.3, -0.25) is 14.4 Å². The van der Waals surface area contributed by atoms with E-state index in [4.69, 9.17) is 0 Å². The van der Waals surface area contributed by atoms with E-state index in [9.17, 15) is 19.5 Å². The summed E-state index contributed by atoms with van der Waals surface area (Å²) < 4.78 is 0. The Bertz CT molecular complexity index is 863. The molecule has 0 saturated carbocycles. The highest BCUT2D eigenvalue weighted by Gasteiger charge is 2.24. The van der Waals surface area contributed by atoms with Crippen molar-refractivity contribution >= 4 is 23.0 Å². The van der Waals surface area contributed by atoms with Gasteiger partial charge in [-0.1, -0.05) is 12.1 Å². The van der Waals surface area contributed by atoms with Gasteiger partial charge in [-0.05, 0) is 19.1 Å². The normalized spacial score (nSPS) is 11.8. The number of phenols is 1. The lowest BCUT2D eigenvalue weighted by Gasteiger charge is -2.19. The minimum absolute atomic E-state index is 0.0541. The standard InChI is InChI=1S/C17H19N3O4/c1-5-9(2)18-12-13(16(23)15(12)22)19-11-8-6-7-10(14(11)21)17(24)20(3)4/h5-9,18-19,21H,1H2,2-4H3. The zero-order chi connectivity index (χ0) is 18.0. The molecule has 0 aromatic heterocycles. The molecule has 1 unspecified atom stereocenters. The first kappa shape index (κ1) is 17.3. The third-order valence-electron chi connectivity index (χ3n) is 3.57. The van der Waals surface area contributed by atoms with Crippen molar-refractivity contribution in [2.75, 3.05) is 24.7 Å². The number of rotatable bonds is 6. The summed E-state index contributed by atoms with van der Waals surface area (Å²) in [6.45, 7) is 5.38. The Labute approximate surface area is 138 Å². The van der Waals surface area contributed by atoms with E-state index in [1.807, 2.05) is 0 Å². The van der Waals surface area contributed by atoms with Crippen LogP contribution in [-0.2, 0) is 0 Å². The number of phenolic OH excluding ortho intramolecular Hbond substituents is 1. The van der Waals surface area contributed by atoms with Crippen molar-refractivity contribution in [3.8, 4) is 5.75 Å². The maximum atomic E-state index is 12.0. The molecule has 2 rings (SSSR count). The minimum Gasteiger partial charge on any atom is -0.505 e. The van der Waals surface area contributed by atoms with Crippen LogP contribution in [0.4, 0.5) is 17.1 Å². The van der Waals surface area contributed by atoms with Crippen molar-refractivity contribution in [3.05, 3.63) is 56.9 Å². The first-order chi connectivity index (χ1) is 11.3. The van der Waals surface area contributed by atoms with Gasteiger partial charge in [-0.15, -0.1) is 6.58 Å². The van der Waals surface area contributed by atoms with Crippen LogP contribution < -0.4 is 21.5 Å². The number of benzene rings is 1. The quantitative estimate of drug-likeness (QED) is 0.421. The predicted octanol–water partition coefficient (Wildman–Crippen LogP) is 1.42. The molecule has 0 saturated heterocycles. The number of para-hydroxylation sites is 1. The highest BCUT2D eigenvalue weighted by atomic mass is 16.3. The van der Waals surface area contributed by atoms with Gasteiger partial charge in [0.25, 0.3) is 16.8 Å². The van der Waals surface area contributed by atoms with Gasteiger partial charge in [0.05, 0.1) is 11.3 Å². The van der Waals surface area contributed by atoms with E-state index in [-0.39, 0.29) is 40.3 Å². The van der Waals surface area contributed by atoms with Crippen molar-refractivity contribution in [2.45, 2.75) is 13.0 Å². The lowest BCUT2D eigenvalue weighted by atomic mass is 10.1. The molecule has 0 bridgehead atoms. The summed E-state index contributed by atoms with van der Waals surface area (Å²) in [7, 11) is 3.13. The van der Waals surface area contributed by atoms with Crippen molar-refractivity contribution in [2.24, 2.45) is 0 Å². The molecular formula is C17H19N3O4. The molecule has 7 nitrogen and oxygen atoms in total. The van der Waals surface area contributed by atoms with Gasteiger partial charge in [-0.2, -0.15) is 0 Å². The SMILES string of the molecule is C=CC(C)Nc1c(Nc2cccc(C(=O)N(C)C)c2O)c(=O)c1=O. The first-order valence-corrected chi connectivity index (χ1v) is 7.31. The van der Waals surface area contributed by atoms with Gasteiger partial charge in [-0.25, -0.2) is 0 Å². The number of nitrogens with one attached hydrogen (secondary N) is 2. The van der Waals surface area contributed by atoms with Gasteiger partial charge in [0.1, 0.15) is 11.4 Å². The molecule has 1 amide bonds. The lowest BCUT2D eigenvalue weighted by Crippen LogP contribution is -2.38. The molecule has 0 aliphatic rings. The number of amides is 1. The minimum atomic E-state index is -0.683. The number of carbonyl (C=O) groups excluding carboxylic acids is 1. The molecule has 0 fully saturated rings. The van der Waals surface area contributed by atoms with E-state index in [2.05, 4.69) is 17.2 Å². The summed E-state index contributed by atoms with van der Waals surface area (Å²) >= 11 is 0. The average Bonchev–Trinajstić information content (AvgIpc) is 2.57. The molecule has 126 valence electrons. The fourth-order valence-corrected chi connectivity index (χ4v) is 2.13. The van der Waals surface area contributed by atoms with Crippen LogP contribution in [-0.4, -0.2) is 36.1 Å². The molecule has 7 heteroatoms. The zero-order valence-electron chi connectivity index (χ0n) is 13.7. The molecule has 0 aliphatic carbocycles. The highest BCUT2D eigenvalue weighted by molar-refractivity contribution is 5.99. The van der Waals surface area contributed by atoms with Crippen LogP contribution in [0.5, 0.6) is 5.75 Å².